The van der Waals surface area contributed by atoms with Crippen molar-refractivity contribution in [2.75, 3.05) is 6.54 Å². The molecule has 2 aromatic carbocycles. The minimum Gasteiger partial charge on any atom is -0.480 e. The third kappa shape index (κ3) is 3.20. The second-order valence-corrected chi connectivity index (χ2v) is 6.12. The van der Waals surface area contributed by atoms with E-state index in [1.807, 2.05) is 42.5 Å². The summed E-state index contributed by atoms with van der Waals surface area (Å²) in [5, 5.41) is 11.3. The Bertz CT molecular complexity index is 753. The number of carboxylic acid groups (broad SMARTS) is 1. The van der Waals surface area contributed by atoms with Crippen LogP contribution < -0.4 is 4.74 Å². The second kappa shape index (κ2) is 6.91. The van der Waals surface area contributed by atoms with Crippen molar-refractivity contribution in [2.24, 2.45) is 0 Å². The lowest BCUT2D eigenvalue weighted by Crippen LogP contribution is -2.52. The number of benzene rings is 2. The van der Waals surface area contributed by atoms with Gasteiger partial charge in [0.25, 0.3) is 5.91 Å². The van der Waals surface area contributed by atoms with Crippen molar-refractivity contribution >= 4 is 22.6 Å². The number of carbonyl (C=O) groups excluding carboxylic acids is 1. The second-order valence-electron chi connectivity index (χ2n) is 6.12. The summed E-state index contributed by atoms with van der Waals surface area (Å²) in [6.07, 6.45) is 1.44. The number of piperidine rings is 1. The van der Waals surface area contributed by atoms with Gasteiger partial charge in [-0.15, -0.1) is 0 Å². The number of nitrogens with zero attached hydrogens (tertiary/aromatic N) is 1. The van der Waals surface area contributed by atoms with Crippen molar-refractivity contribution in [3.8, 4) is 5.75 Å². The van der Waals surface area contributed by atoms with Gasteiger partial charge in [0.1, 0.15) is 11.8 Å². The molecule has 1 heterocycles. The molecular formula is C19H21NO4. The van der Waals surface area contributed by atoms with Gasteiger partial charge in [0.05, 0.1) is 0 Å². The van der Waals surface area contributed by atoms with Gasteiger partial charge in [-0.25, -0.2) is 4.79 Å². The molecule has 126 valence electrons. The summed E-state index contributed by atoms with van der Waals surface area (Å²) in [6, 6.07) is 12.8. The van der Waals surface area contributed by atoms with Crippen molar-refractivity contribution in [1.82, 2.24) is 4.90 Å². The van der Waals surface area contributed by atoms with Gasteiger partial charge in [-0.3, -0.25) is 4.79 Å². The highest BCUT2D eigenvalue weighted by Gasteiger charge is 2.34. The Hall–Kier alpha value is -2.56. The highest BCUT2D eigenvalue weighted by atomic mass is 16.5. The largest absolute Gasteiger partial charge is 0.480 e. The van der Waals surface area contributed by atoms with Crippen LogP contribution in [0.3, 0.4) is 0 Å². The molecule has 1 N–H and O–H groups in total. The molecule has 1 saturated heterocycles. The fraction of sp³-hybridized carbons (Fsp3) is 0.368. The number of hydrogen-bond donors (Lipinski definition) is 1. The number of amides is 1. The first-order valence-corrected chi connectivity index (χ1v) is 8.25. The molecule has 1 fully saturated rings. The summed E-state index contributed by atoms with van der Waals surface area (Å²) in [5.74, 6) is -0.576. The first-order chi connectivity index (χ1) is 11.6. The molecule has 2 atom stereocenters. The molecule has 5 nitrogen and oxygen atoms in total. The third-order valence-corrected chi connectivity index (χ3v) is 4.47. The molecule has 1 aliphatic heterocycles. The molecule has 0 aliphatic carbocycles. The first-order valence-electron chi connectivity index (χ1n) is 8.25. The molecule has 0 bridgehead atoms. The maximum atomic E-state index is 12.7. The van der Waals surface area contributed by atoms with Gasteiger partial charge >= 0.3 is 5.97 Å². The molecule has 0 spiro atoms. The summed E-state index contributed by atoms with van der Waals surface area (Å²) >= 11 is 0. The van der Waals surface area contributed by atoms with Crippen molar-refractivity contribution in [1.29, 1.82) is 0 Å². The van der Waals surface area contributed by atoms with Crippen LogP contribution >= 0.6 is 0 Å². The maximum absolute atomic E-state index is 12.7. The standard InChI is InChI=1S/C19H21NO4/c1-13(18(21)20-12-5-4-10-16(20)19(22)23)24-17-11-6-8-14-7-2-3-9-15(14)17/h2-3,6-9,11,13,16H,4-5,10,12H2,1H3,(H,22,23). The zero-order valence-corrected chi connectivity index (χ0v) is 13.6. The molecule has 5 heteroatoms. The molecule has 0 aromatic heterocycles. The van der Waals surface area contributed by atoms with E-state index < -0.39 is 18.1 Å². The average Bonchev–Trinajstić information content (AvgIpc) is 2.61. The normalized spacial score (nSPS) is 19.0. The minimum absolute atomic E-state index is 0.268. The fourth-order valence-corrected chi connectivity index (χ4v) is 3.22. The van der Waals surface area contributed by atoms with Gasteiger partial charge < -0.3 is 14.7 Å². The van der Waals surface area contributed by atoms with E-state index in [1.54, 1.807) is 6.92 Å². The summed E-state index contributed by atoms with van der Waals surface area (Å²) in [5.41, 5.74) is 0. The molecule has 2 unspecified atom stereocenters. The Morgan fingerprint density at radius 3 is 2.71 bits per heavy atom. The van der Waals surface area contributed by atoms with E-state index in [4.69, 9.17) is 4.74 Å². The fourth-order valence-electron chi connectivity index (χ4n) is 3.22. The van der Waals surface area contributed by atoms with Gasteiger partial charge in [-0.05, 0) is 37.6 Å². The van der Waals surface area contributed by atoms with Gasteiger partial charge in [-0.1, -0.05) is 36.4 Å². The zero-order chi connectivity index (χ0) is 17.1. The molecule has 0 radical (unpaired) electrons. The summed E-state index contributed by atoms with van der Waals surface area (Å²) in [6.45, 7) is 2.15. The van der Waals surface area contributed by atoms with E-state index in [9.17, 15) is 14.7 Å². The number of ether oxygens (including phenoxy) is 1. The number of likely N-dealkylation sites (tertiary alicyclic amines) is 1. The van der Waals surface area contributed by atoms with Crippen molar-refractivity contribution < 1.29 is 19.4 Å². The number of fused-ring (bicyclic) bond motifs is 1. The summed E-state index contributed by atoms with van der Waals surface area (Å²) in [4.78, 5) is 25.5. The van der Waals surface area contributed by atoms with E-state index in [2.05, 4.69) is 0 Å². The number of hydrogen-bond acceptors (Lipinski definition) is 3. The van der Waals surface area contributed by atoms with Gasteiger partial charge in [0.15, 0.2) is 6.10 Å². The van der Waals surface area contributed by atoms with E-state index in [0.29, 0.717) is 18.7 Å². The lowest BCUT2D eigenvalue weighted by molar-refractivity contribution is -0.155. The lowest BCUT2D eigenvalue weighted by Gasteiger charge is -2.34. The van der Waals surface area contributed by atoms with Crippen LogP contribution in [-0.2, 0) is 9.59 Å². The Morgan fingerprint density at radius 2 is 1.92 bits per heavy atom. The summed E-state index contributed by atoms with van der Waals surface area (Å²) < 4.78 is 5.89. The topological polar surface area (TPSA) is 66.8 Å². The highest BCUT2D eigenvalue weighted by molar-refractivity contribution is 5.90. The Labute approximate surface area is 140 Å². The van der Waals surface area contributed by atoms with E-state index >= 15 is 0 Å². The maximum Gasteiger partial charge on any atom is 0.326 e. The van der Waals surface area contributed by atoms with Crippen LogP contribution in [0.5, 0.6) is 5.75 Å². The van der Waals surface area contributed by atoms with E-state index in [1.165, 1.54) is 4.90 Å². The molecule has 1 amide bonds. The Balaban J connectivity index is 1.79. The van der Waals surface area contributed by atoms with Crippen molar-refractivity contribution in [3.63, 3.8) is 0 Å². The van der Waals surface area contributed by atoms with Crippen LogP contribution in [0.25, 0.3) is 10.8 Å². The van der Waals surface area contributed by atoms with Crippen LogP contribution in [0, 0.1) is 0 Å². The molecule has 3 rings (SSSR count). The molecule has 24 heavy (non-hydrogen) atoms. The SMILES string of the molecule is CC(Oc1cccc2ccccc12)C(=O)N1CCCCC1C(=O)O. The van der Waals surface area contributed by atoms with Crippen LogP contribution in [0.4, 0.5) is 0 Å². The number of rotatable bonds is 4. The summed E-state index contributed by atoms with van der Waals surface area (Å²) in [7, 11) is 0. The van der Waals surface area contributed by atoms with Crippen LogP contribution in [0.15, 0.2) is 42.5 Å². The molecule has 1 aliphatic rings. The van der Waals surface area contributed by atoms with Crippen LogP contribution in [0.1, 0.15) is 26.2 Å². The van der Waals surface area contributed by atoms with Crippen LogP contribution in [-0.4, -0.2) is 40.6 Å². The van der Waals surface area contributed by atoms with Crippen molar-refractivity contribution in [3.05, 3.63) is 42.5 Å². The lowest BCUT2D eigenvalue weighted by atomic mass is 10.0. The van der Waals surface area contributed by atoms with Crippen LogP contribution in [0.2, 0.25) is 0 Å². The molecule has 2 aromatic rings. The predicted octanol–water partition coefficient (Wildman–Crippen LogP) is 3.07. The van der Waals surface area contributed by atoms with Crippen molar-refractivity contribution in [2.45, 2.75) is 38.3 Å². The quantitative estimate of drug-likeness (QED) is 0.937. The smallest absolute Gasteiger partial charge is 0.326 e. The number of aliphatic carboxylic acids is 1. The minimum atomic E-state index is -0.944. The number of carboxylic acids is 1. The number of carbonyl (C=O) groups is 2. The predicted molar refractivity (Wildman–Crippen MR) is 91.0 cm³/mol. The first kappa shape index (κ1) is 16.3. The highest BCUT2D eigenvalue weighted by Crippen LogP contribution is 2.27. The van der Waals surface area contributed by atoms with Gasteiger partial charge in [-0.2, -0.15) is 0 Å². The Kier molecular flexibility index (Phi) is 4.69. The Morgan fingerprint density at radius 1 is 1.17 bits per heavy atom. The average molecular weight is 327 g/mol. The van der Waals surface area contributed by atoms with E-state index in [-0.39, 0.29) is 5.91 Å². The molecule has 0 saturated carbocycles. The van der Waals surface area contributed by atoms with Gasteiger partial charge in [0.2, 0.25) is 0 Å². The monoisotopic (exact) mass is 327 g/mol. The zero-order valence-electron chi connectivity index (χ0n) is 13.6. The molecular weight excluding hydrogens is 306 g/mol. The van der Waals surface area contributed by atoms with E-state index in [0.717, 1.165) is 23.6 Å². The third-order valence-electron chi connectivity index (χ3n) is 4.47. The van der Waals surface area contributed by atoms with Gasteiger partial charge in [0, 0.05) is 11.9 Å².